The molecule has 3 rings (SSSR count). The SMILES string of the molecule is CC[C@@H](CO)n1ncc2c(Nc3cc(C)[nH]n3)nc(Cl)nc21. The fourth-order valence-corrected chi connectivity index (χ4v) is 2.41. The maximum absolute atomic E-state index is 9.47. The monoisotopic (exact) mass is 321 g/mol. The van der Waals surface area contributed by atoms with E-state index in [1.807, 2.05) is 19.9 Å². The summed E-state index contributed by atoms with van der Waals surface area (Å²) in [5, 5.41) is 24.7. The van der Waals surface area contributed by atoms with E-state index in [2.05, 4.69) is 30.6 Å². The molecule has 3 N–H and O–H groups in total. The van der Waals surface area contributed by atoms with E-state index >= 15 is 0 Å². The van der Waals surface area contributed by atoms with Crippen LogP contribution in [-0.2, 0) is 0 Å². The van der Waals surface area contributed by atoms with Crippen molar-refractivity contribution in [3.63, 3.8) is 0 Å². The molecule has 0 aliphatic carbocycles. The summed E-state index contributed by atoms with van der Waals surface area (Å²) < 4.78 is 1.67. The van der Waals surface area contributed by atoms with Crippen molar-refractivity contribution < 1.29 is 5.11 Å². The molecule has 9 heteroatoms. The van der Waals surface area contributed by atoms with Crippen molar-refractivity contribution in [2.45, 2.75) is 26.3 Å². The van der Waals surface area contributed by atoms with Crippen molar-refractivity contribution in [2.24, 2.45) is 0 Å². The number of H-pyrrole nitrogens is 1. The van der Waals surface area contributed by atoms with Crippen molar-refractivity contribution in [1.82, 2.24) is 29.9 Å². The Balaban J connectivity index is 2.07. The van der Waals surface area contributed by atoms with Crippen molar-refractivity contribution in [1.29, 1.82) is 0 Å². The van der Waals surface area contributed by atoms with Gasteiger partial charge in [0.25, 0.3) is 0 Å². The predicted molar refractivity (Wildman–Crippen MR) is 83.4 cm³/mol. The number of hydrogen-bond acceptors (Lipinski definition) is 6. The van der Waals surface area contributed by atoms with Crippen LogP contribution in [0.25, 0.3) is 11.0 Å². The molecule has 0 radical (unpaired) electrons. The van der Waals surface area contributed by atoms with Crippen LogP contribution in [0.5, 0.6) is 0 Å². The lowest BCUT2D eigenvalue weighted by molar-refractivity contribution is 0.217. The molecule has 3 aromatic rings. The van der Waals surface area contributed by atoms with Crippen LogP contribution >= 0.6 is 11.6 Å². The van der Waals surface area contributed by atoms with E-state index in [0.717, 1.165) is 17.5 Å². The lowest BCUT2D eigenvalue weighted by Crippen LogP contribution is -2.14. The number of aliphatic hydroxyl groups is 1. The van der Waals surface area contributed by atoms with E-state index in [1.165, 1.54) is 0 Å². The van der Waals surface area contributed by atoms with Crippen LogP contribution in [0, 0.1) is 6.92 Å². The van der Waals surface area contributed by atoms with Gasteiger partial charge in [-0.3, -0.25) is 5.10 Å². The summed E-state index contributed by atoms with van der Waals surface area (Å²) in [4.78, 5) is 8.44. The Morgan fingerprint density at radius 2 is 2.27 bits per heavy atom. The van der Waals surface area contributed by atoms with Gasteiger partial charge in [0.2, 0.25) is 5.28 Å². The van der Waals surface area contributed by atoms with Crippen LogP contribution in [0.15, 0.2) is 12.3 Å². The van der Waals surface area contributed by atoms with E-state index in [0.29, 0.717) is 17.3 Å². The number of fused-ring (bicyclic) bond motifs is 1. The average molecular weight is 322 g/mol. The van der Waals surface area contributed by atoms with Gasteiger partial charge in [-0.2, -0.15) is 20.2 Å². The molecule has 0 unspecified atom stereocenters. The fourth-order valence-electron chi connectivity index (χ4n) is 2.24. The van der Waals surface area contributed by atoms with Crippen LogP contribution < -0.4 is 5.32 Å². The molecule has 0 saturated carbocycles. The third kappa shape index (κ3) is 2.62. The van der Waals surface area contributed by atoms with Crippen molar-refractivity contribution in [3.05, 3.63) is 23.2 Å². The number of rotatable bonds is 5. The molecule has 0 aliphatic rings. The Kier molecular flexibility index (Phi) is 3.95. The number of nitrogens with one attached hydrogen (secondary N) is 2. The van der Waals surface area contributed by atoms with Crippen molar-refractivity contribution in [3.8, 4) is 0 Å². The normalized spacial score (nSPS) is 12.7. The Morgan fingerprint density at radius 3 is 2.91 bits per heavy atom. The van der Waals surface area contributed by atoms with E-state index < -0.39 is 0 Å². The van der Waals surface area contributed by atoms with Gasteiger partial charge >= 0.3 is 0 Å². The maximum atomic E-state index is 9.47. The molecule has 1 atom stereocenters. The average Bonchev–Trinajstić information content (AvgIpc) is 3.08. The summed E-state index contributed by atoms with van der Waals surface area (Å²) in [6.07, 6.45) is 2.39. The first-order valence-electron chi connectivity index (χ1n) is 6.93. The standard InChI is InChI=1S/C13H16ClN7O/c1-3-8(6-22)21-12-9(5-15-21)11(17-13(14)18-12)16-10-4-7(2)19-20-10/h4-5,8,22H,3,6H2,1-2H3,(H2,16,17,18,19,20)/t8-/m0/s1. The first kappa shape index (κ1) is 14.7. The van der Waals surface area contributed by atoms with E-state index in [4.69, 9.17) is 11.6 Å². The largest absolute Gasteiger partial charge is 0.394 e. The molecule has 0 spiro atoms. The zero-order chi connectivity index (χ0) is 15.7. The molecule has 0 fully saturated rings. The molecule has 0 bridgehead atoms. The number of anilines is 2. The van der Waals surface area contributed by atoms with Gasteiger partial charge in [0.05, 0.1) is 24.2 Å². The van der Waals surface area contributed by atoms with Gasteiger partial charge in [-0.1, -0.05) is 6.92 Å². The van der Waals surface area contributed by atoms with E-state index in [9.17, 15) is 5.11 Å². The summed E-state index contributed by atoms with van der Waals surface area (Å²) in [5.41, 5.74) is 1.51. The molecule has 8 nitrogen and oxygen atoms in total. The number of halogens is 1. The van der Waals surface area contributed by atoms with Gasteiger partial charge in [-0.05, 0) is 24.9 Å². The highest BCUT2D eigenvalue weighted by Gasteiger charge is 2.17. The highest BCUT2D eigenvalue weighted by atomic mass is 35.5. The number of aromatic amines is 1. The molecule has 0 aromatic carbocycles. The lowest BCUT2D eigenvalue weighted by atomic mass is 10.2. The van der Waals surface area contributed by atoms with Crippen LogP contribution in [0.2, 0.25) is 5.28 Å². The third-order valence-electron chi connectivity index (χ3n) is 3.41. The van der Waals surface area contributed by atoms with Crippen LogP contribution in [-0.4, -0.2) is 41.7 Å². The molecule has 116 valence electrons. The van der Waals surface area contributed by atoms with Gasteiger partial charge in [-0.25, -0.2) is 4.68 Å². The minimum Gasteiger partial charge on any atom is -0.394 e. The third-order valence-corrected chi connectivity index (χ3v) is 3.58. The number of nitrogens with zero attached hydrogens (tertiary/aromatic N) is 5. The number of hydrogen-bond donors (Lipinski definition) is 3. The van der Waals surface area contributed by atoms with Gasteiger partial charge in [0.15, 0.2) is 11.5 Å². The molecule has 0 saturated heterocycles. The van der Waals surface area contributed by atoms with Crippen LogP contribution in [0.4, 0.5) is 11.6 Å². The molecule has 0 amide bonds. The van der Waals surface area contributed by atoms with Gasteiger partial charge in [0.1, 0.15) is 5.82 Å². The van der Waals surface area contributed by atoms with Crippen LogP contribution in [0.1, 0.15) is 25.1 Å². The molecule has 3 aromatic heterocycles. The topological polar surface area (TPSA) is 105 Å². The summed E-state index contributed by atoms with van der Waals surface area (Å²) in [5.74, 6) is 1.16. The summed E-state index contributed by atoms with van der Waals surface area (Å²) in [7, 11) is 0. The fraction of sp³-hybridized carbons (Fsp3) is 0.385. The Hall–Kier alpha value is -2.19. The Labute approximate surface area is 131 Å². The van der Waals surface area contributed by atoms with Gasteiger partial charge < -0.3 is 10.4 Å². The van der Waals surface area contributed by atoms with Gasteiger partial charge in [0, 0.05) is 11.8 Å². The second-order valence-electron chi connectivity index (χ2n) is 4.97. The van der Waals surface area contributed by atoms with Crippen LogP contribution in [0.3, 0.4) is 0 Å². The Morgan fingerprint density at radius 1 is 1.45 bits per heavy atom. The summed E-state index contributed by atoms with van der Waals surface area (Å²) in [6.45, 7) is 3.87. The summed E-state index contributed by atoms with van der Waals surface area (Å²) >= 11 is 6.02. The first-order chi connectivity index (χ1) is 10.6. The Bertz CT molecular complexity index is 793. The minimum absolute atomic E-state index is 0.0176. The van der Waals surface area contributed by atoms with Crippen molar-refractivity contribution in [2.75, 3.05) is 11.9 Å². The predicted octanol–water partition coefficient (Wildman–Crippen LogP) is 2.20. The maximum Gasteiger partial charge on any atom is 0.226 e. The molecular formula is C13H16ClN7O. The van der Waals surface area contributed by atoms with Crippen molar-refractivity contribution >= 4 is 34.3 Å². The minimum atomic E-state index is -0.149. The van der Waals surface area contributed by atoms with E-state index in [-0.39, 0.29) is 17.9 Å². The second kappa shape index (κ2) is 5.90. The highest BCUT2D eigenvalue weighted by Crippen LogP contribution is 2.26. The highest BCUT2D eigenvalue weighted by molar-refractivity contribution is 6.28. The second-order valence-corrected chi connectivity index (χ2v) is 5.31. The molecule has 22 heavy (non-hydrogen) atoms. The molecule has 0 aliphatic heterocycles. The zero-order valence-electron chi connectivity index (χ0n) is 12.2. The number of aromatic nitrogens is 6. The smallest absolute Gasteiger partial charge is 0.226 e. The number of aryl methyl sites for hydroxylation is 1. The van der Waals surface area contributed by atoms with Gasteiger partial charge in [-0.15, -0.1) is 0 Å². The molecule has 3 heterocycles. The zero-order valence-corrected chi connectivity index (χ0v) is 13.0. The van der Waals surface area contributed by atoms with E-state index in [1.54, 1.807) is 10.9 Å². The number of aliphatic hydroxyl groups excluding tert-OH is 1. The summed E-state index contributed by atoms with van der Waals surface area (Å²) in [6, 6.07) is 1.71. The quantitative estimate of drug-likeness (QED) is 0.622. The molecular weight excluding hydrogens is 306 g/mol. The first-order valence-corrected chi connectivity index (χ1v) is 7.30. The lowest BCUT2D eigenvalue weighted by Gasteiger charge is -2.13.